The van der Waals surface area contributed by atoms with Crippen LogP contribution in [0.1, 0.15) is 40.3 Å². The second-order valence-electron chi connectivity index (χ2n) is 5.08. The number of carbonyl (C=O) groups excluding carboxylic acids is 1. The minimum absolute atomic E-state index is 0.103. The van der Waals surface area contributed by atoms with Crippen LogP contribution in [0.4, 0.5) is 11.4 Å². The standard InChI is InChI=1S/C15H17N3O5/c1-8(14-9(2)17-23-10(14)3)16-11-5-6-13(18(20)21)12(7-11)15(19)22-4/h5-8,16H,1-4H3. The highest BCUT2D eigenvalue weighted by Gasteiger charge is 2.22. The molecule has 122 valence electrons. The van der Waals surface area contributed by atoms with Crippen molar-refractivity contribution in [3.05, 3.63) is 50.9 Å². The van der Waals surface area contributed by atoms with Crippen molar-refractivity contribution < 1.29 is 19.0 Å². The molecule has 0 aliphatic heterocycles. The third-order valence-electron chi connectivity index (χ3n) is 3.50. The second kappa shape index (κ2) is 6.47. The van der Waals surface area contributed by atoms with E-state index in [1.165, 1.54) is 19.2 Å². The molecule has 1 N–H and O–H groups in total. The first-order valence-electron chi connectivity index (χ1n) is 6.91. The molecule has 2 aromatic rings. The van der Waals surface area contributed by atoms with E-state index in [-0.39, 0.29) is 17.3 Å². The Morgan fingerprint density at radius 1 is 1.43 bits per heavy atom. The summed E-state index contributed by atoms with van der Waals surface area (Å²) in [5, 5.41) is 18.1. The lowest BCUT2D eigenvalue weighted by Gasteiger charge is -2.15. The van der Waals surface area contributed by atoms with Gasteiger partial charge in [-0.3, -0.25) is 10.1 Å². The molecule has 0 aliphatic rings. The lowest BCUT2D eigenvalue weighted by molar-refractivity contribution is -0.385. The molecule has 0 saturated carbocycles. The molecule has 2 rings (SSSR count). The summed E-state index contributed by atoms with van der Waals surface area (Å²) in [6.45, 7) is 5.55. The molecule has 0 radical (unpaired) electrons. The molecule has 1 aromatic carbocycles. The van der Waals surface area contributed by atoms with E-state index in [0.717, 1.165) is 11.3 Å². The van der Waals surface area contributed by atoms with E-state index in [1.807, 2.05) is 20.8 Å². The van der Waals surface area contributed by atoms with Gasteiger partial charge in [-0.05, 0) is 32.9 Å². The number of methoxy groups -OCH3 is 1. The molecule has 0 aliphatic carbocycles. The predicted octanol–water partition coefficient (Wildman–Crippen LogP) is 3.16. The minimum Gasteiger partial charge on any atom is -0.465 e. The number of esters is 1. The largest absolute Gasteiger partial charge is 0.465 e. The molecule has 8 heteroatoms. The summed E-state index contributed by atoms with van der Waals surface area (Å²) in [5.41, 5.74) is 1.82. The van der Waals surface area contributed by atoms with Gasteiger partial charge in [-0.15, -0.1) is 0 Å². The number of carbonyl (C=O) groups is 1. The molecule has 0 spiro atoms. The summed E-state index contributed by atoms with van der Waals surface area (Å²) in [6, 6.07) is 4.07. The quantitative estimate of drug-likeness (QED) is 0.512. The molecular weight excluding hydrogens is 302 g/mol. The van der Waals surface area contributed by atoms with Crippen molar-refractivity contribution in [1.29, 1.82) is 0 Å². The SMILES string of the molecule is COC(=O)c1cc(NC(C)c2c(C)noc2C)ccc1[N+](=O)[O-]. The first kappa shape index (κ1) is 16.5. The highest BCUT2D eigenvalue weighted by Crippen LogP contribution is 2.28. The fraction of sp³-hybridized carbons (Fsp3) is 0.333. The van der Waals surface area contributed by atoms with Gasteiger partial charge in [0.15, 0.2) is 0 Å². The van der Waals surface area contributed by atoms with Gasteiger partial charge < -0.3 is 14.6 Å². The van der Waals surface area contributed by atoms with Crippen LogP contribution in [-0.4, -0.2) is 23.2 Å². The smallest absolute Gasteiger partial charge is 0.344 e. The highest BCUT2D eigenvalue weighted by molar-refractivity contribution is 5.95. The first-order chi connectivity index (χ1) is 10.8. The number of aromatic nitrogens is 1. The summed E-state index contributed by atoms with van der Waals surface area (Å²) < 4.78 is 9.73. The molecule has 1 unspecified atom stereocenters. The number of nitrogens with one attached hydrogen (secondary N) is 1. The van der Waals surface area contributed by atoms with Crippen molar-refractivity contribution >= 4 is 17.3 Å². The van der Waals surface area contributed by atoms with Crippen LogP contribution in [0.25, 0.3) is 0 Å². The molecule has 0 amide bonds. The van der Waals surface area contributed by atoms with Crippen LogP contribution in [0.15, 0.2) is 22.7 Å². The molecule has 1 aromatic heterocycles. The van der Waals surface area contributed by atoms with E-state index in [0.29, 0.717) is 11.4 Å². The molecule has 23 heavy (non-hydrogen) atoms. The normalized spacial score (nSPS) is 11.8. The molecular formula is C15H17N3O5. The summed E-state index contributed by atoms with van der Waals surface area (Å²) in [4.78, 5) is 22.1. The number of hydrogen-bond donors (Lipinski definition) is 1. The van der Waals surface area contributed by atoms with Crippen molar-refractivity contribution in [3.63, 3.8) is 0 Å². The summed E-state index contributed by atoms with van der Waals surface area (Å²) in [5.74, 6) is -0.0667. The predicted molar refractivity (Wildman–Crippen MR) is 82.5 cm³/mol. The van der Waals surface area contributed by atoms with Gasteiger partial charge in [-0.25, -0.2) is 4.79 Å². The molecule has 0 bridgehead atoms. The lowest BCUT2D eigenvalue weighted by atomic mass is 10.1. The Morgan fingerprint density at radius 3 is 2.65 bits per heavy atom. The molecule has 8 nitrogen and oxygen atoms in total. The van der Waals surface area contributed by atoms with Crippen molar-refractivity contribution in [2.45, 2.75) is 26.8 Å². The monoisotopic (exact) mass is 319 g/mol. The van der Waals surface area contributed by atoms with Gasteiger partial charge in [0.1, 0.15) is 11.3 Å². The third kappa shape index (κ3) is 3.31. The summed E-state index contributed by atoms with van der Waals surface area (Å²) in [6.07, 6.45) is 0. The third-order valence-corrected chi connectivity index (χ3v) is 3.50. The van der Waals surface area contributed by atoms with Gasteiger partial charge >= 0.3 is 5.97 Å². The highest BCUT2D eigenvalue weighted by atomic mass is 16.6. The van der Waals surface area contributed by atoms with Gasteiger partial charge in [0, 0.05) is 17.3 Å². The number of nitro groups is 1. The van der Waals surface area contributed by atoms with Crippen LogP contribution >= 0.6 is 0 Å². The van der Waals surface area contributed by atoms with Gasteiger partial charge in [-0.2, -0.15) is 0 Å². The fourth-order valence-corrected chi connectivity index (χ4v) is 2.49. The van der Waals surface area contributed by atoms with E-state index >= 15 is 0 Å². The Bertz CT molecular complexity index is 734. The lowest BCUT2D eigenvalue weighted by Crippen LogP contribution is -2.11. The fourth-order valence-electron chi connectivity index (χ4n) is 2.49. The van der Waals surface area contributed by atoms with E-state index in [1.54, 1.807) is 6.07 Å². The van der Waals surface area contributed by atoms with Crippen LogP contribution in [0.5, 0.6) is 0 Å². The van der Waals surface area contributed by atoms with E-state index < -0.39 is 10.9 Å². The van der Waals surface area contributed by atoms with E-state index in [2.05, 4.69) is 15.2 Å². The molecule has 0 fully saturated rings. The Balaban J connectivity index is 2.34. The Hall–Kier alpha value is -2.90. The first-order valence-corrected chi connectivity index (χ1v) is 6.91. The Kier molecular flexibility index (Phi) is 4.63. The number of aryl methyl sites for hydroxylation is 2. The average Bonchev–Trinajstić information content (AvgIpc) is 2.85. The van der Waals surface area contributed by atoms with Crippen molar-refractivity contribution in [1.82, 2.24) is 5.16 Å². The van der Waals surface area contributed by atoms with Crippen LogP contribution in [0, 0.1) is 24.0 Å². The molecule has 1 atom stereocenters. The number of nitrogens with zero attached hydrogens (tertiary/aromatic N) is 2. The molecule has 0 saturated heterocycles. The van der Waals surface area contributed by atoms with Gasteiger partial charge in [0.05, 0.1) is 23.8 Å². The van der Waals surface area contributed by atoms with Crippen LogP contribution in [0.3, 0.4) is 0 Å². The number of benzene rings is 1. The second-order valence-corrected chi connectivity index (χ2v) is 5.08. The number of hydrogen-bond acceptors (Lipinski definition) is 7. The molecule has 1 heterocycles. The van der Waals surface area contributed by atoms with Crippen molar-refractivity contribution in [2.24, 2.45) is 0 Å². The van der Waals surface area contributed by atoms with Gasteiger partial charge in [-0.1, -0.05) is 5.16 Å². The zero-order chi connectivity index (χ0) is 17.1. The minimum atomic E-state index is -0.759. The van der Waals surface area contributed by atoms with Crippen LogP contribution in [0.2, 0.25) is 0 Å². The maximum Gasteiger partial charge on any atom is 0.344 e. The topological polar surface area (TPSA) is 108 Å². The van der Waals surface area contributed by atoms with Crippen molar-refractivity contribution in [2.75, 3.05) is 12.4 Å². The number of anilines is 1. The zero-order valence-electron chi connectivity index (χ0n) is 13.2. The Morgan fingerprint density at radius 2 is 2.13 bits per heavy atom. The summed E-state index contributed by atoms with van der Waals surface area (Å²) >= 11 is 0. The van der Waals surface area contributed by atoms with Gasteiger partial charge in [0.25, 0.3) is 5.69 Å². The van der Waals surface area contributed by atoms with E-state index in [4.69, 9.17) is 4.52 Å². The van der Waals surface area contributed by atoms with Crippen molar-refractivity contribution in [3.8, 4) is 0 Å². The van der Waals surface area contributed by atoms with Crippen LogP contribution in [-0.2, 0) is 4.74 Å². The maximum atomic E-state index is 11.7. The number of ether oxygens (including phenoxy) is 1. The summed E-state index contributed by atoms with van der Waals surface area (Å²) in [7, 11) is 1.18. The average molecular weight is 319 g/mol. The van der Waals surface area contributed by atoms with Crippen LogP contribution < -0.4 is 5.32 Å². The maximum absolute atomic E-state index is 11.7. The Labute approximate surface area is 132 Å². The number of rotatable bonds is 5. The van der Waals surface area contributed by atoms with E-state index in [9.17, 15) is 14.9 Å². The number of nitro benzene ring substituents is 1. The van der Waals surface area contributed by atoms with Gasteiger partial charge in [0.2, 0.25) is 0 Å². The zero-order valence-corrected chi connectivity index (χ0v) is 13.2.